The lowest BCUT2D eigenvalue weighted by molar-refractivity contribution is -0.384. The van der Waals surface area contributed by atoms with E-state index in [-0.39, 0.29) is 22.8 Å². The predicted octanol–water partition coefficient (Wildman–Crippen LogP) is 2.96. The molecule has 0 spiro atoms. The minimum absolute atomic E-state index is 0.109. The molecule has 0 radical (unpaired) electrons. The van der Waals surface area contributed by atoms with E-state index in [1.165, 1.54) is 54.9 Å². The van der Waals surface area contributed by atoms with Gasteiger partial charge >= 0.3 is 0 Å². The second-order valence-corrected chi connectivity index (χ2v) is 5.35. The number of rotatable bonds is 5. The third-order valence-electron chi connectivity index (χ3n) is 3.50. The molecule has 3 rings (SSSR count). The minimum atomic E-state index is -0.721. The molecule has 27 heavy (non-hydrogen) atoms. The number of halogens is 1. The first-order valence-electron chi connectivity index (χ1n) is 7.60. The highest BCUT2D eigenvalue weighted by Crippen LogP contribution is 2.18. The monoisotopic (exact) mass is 369 g/mol. The van der Waals surface area contributed by atoms with Crippen LogP contribution in [0.3, 0.4) is 0 Å². The number of H-pyrrole nitrogens is 1. The van der Waals surface area contributed by atoms with Gasteiger partial charge in [-0.1, -0.05) is 6.07 Å². The zero-order valence-corrected chi connectivity index (χ0v) is 13.6. The van der Waals surface area contributed by atoms with Crippen LogP contribution in [-0.2, 0) is 0 Å². The number of nitro groups is 1. The molecule has 0 aliphatic carbocycles. The molecule has 136 valence electrons. The normalized spacial score (nSPS) is 10.3. The van der Waals surface area contributed by atoms with Gasteiger partial charge in [0.15, 0.2) is 5.69 Å². The standard InChI is InChI=1S/C17H12FN5O4/c18-10-4-6-11(7-5-10)21-16(24)14-15(20-9-19-14)17(25)22-12-2-1-3-13(8-12)23(26)27/h1-9H,(H,19,20)(H,21,24)(H,22,25). The smallest absolute Gasteiger partial charge is 0.276 e. The van der Waals surface area contributed by atoms with Crippen LogP contribution in [0.15, 0.2) is 54.9 Å². The van der Waals surface area contributed by atoms with Gasteiger partial charge in [-0.2, -0.15) is 0 Å². The van der Waals surface area contributed by atoms with Crippen molar-refractivity contribution in [2.24, 2.45) is 0 Å². The van der Waals surface area contributed by atoms with E-state index >= 15 is 0 Å². The minimum Gasteiger partial charge on any atom is -0.340 e. The highest BCUT2D eigenvalue weighted by molar-refractivity contribution is 6.13. The van der Waals surface area contributed by atoms with Crippen LogP contribution in [-0.4, -0.2) is 26.7 Å². The van der Waals surface area contributed by atoms with Gasteiger partial charge in [-0.3, -0.25) is 19.7 Å². The van der Waals surface area contributed by atoms with Gasteiger partial charge in [0.2, 0.25) is 0 Å². The molecule has 0 atom stereocenters. The lowest BCUT2D eigenvalue weighted by atomic mass is 10.2. The van der Waals surface area contributed by atoms with E-state index in [2.05, 4.69) is 20.6 Å². The highest BCUT2D eigenvalue weighted by atomic mass is 19.1. The van der Waals surface area contributed by atoms with E-state index in [0.717, 1.165) is 0 Å². The number of nitro benzene ring substituents is 1. The lowest BCUT2D eigenvalue weighted by Gasteiger charge is -2.07. The molecule has 1 aromatic heterocycles. The zero-order chi connectivity index (χ0) is 19.4. The van der Waals surface area contributed by atoms with Gasteiger partial charge in [-0.15, -0.1) is 0 Å². The molecule has 1 heterocycles. The average molecular weight is 369 g/mol. The number of hydrogen-bond acceptors (Lipinski definition) is 5. The topological polar surface area (TPSA) is 130 Å². The van der Waals surface area contributed by atoms with Gasteiger partial charge in [0.1, 0.15) is 11.5 Å². The number of non-ortho nitro benzene ring substituents is 1. The van der Waals surface area contributed by atoms with E-state index in [1.807, 2.05) is 0 Å². The second-order valence-electron chi connectivity index (χ2n) is 5.35. The van der Waals surface area contributed by atoms with Crippen LogP contribution in [0.4, 0.5) is 21.5 Å². The number of nitrogens with zero attached hydrogens (tertiary/aromatic N) is 2. The molecule has 0 bridgehead atoms. The number of hydrogen-bond donors (Lipinski definition) is 3. The maximum atomic E-state index is 12.9. The van der Waals surface area contributed by atoms with Crippen molar-refractivity contribution in [2.75, 3.05) is 10.6 Å². The Morgan fingerprint density at radius 3 is 2.44 bits per heavy atom. The quantitative estimate of drug-likeness (QED) is 0.470. The van der Waals surface area contributed by atoms with Gasteiger partial charge in [0, 0.05) is 23.5 Å². The van der Waals surface area contributed by atoms with Crippen molar-refractivity contribution in [1.82, 2.24) is 9.97 Å². The summed E-state index contributed by atoms with van der Waals surface area (Å²) in [6, 6.07) is 10.4. The van der Waals surface area contributed by atoms with E-state index in [9.17, 15) is 24.1 Å². The molecule has 0 saturated heterocycles. The van der Waals surface area contributed by atoms with Crippen LogP contribution in [0.25, 0.3) is 0 Å². The number of aromatic amines is 1. The number of anilines is 2. The summed E-state index contributed by atoms with van der Waals surface area (Å²) in [5.74, 6) is -1.82. The molecule has 2 amide bonds. The van der Waals surface area contributed by atoms with Crippen molar-refractivity contribution < 1.29 is 18.9 Å². The molecule has 0 unspecified atom stereocenters. The summed E-state index contributed by atoms with van der Waals surface area (Å²) in [5.41, 5.74) is 0.0237. The number of carbonyl (C=O) groups excluding carboxylic acids is 2. The number of imidazole rings is 1. The maximum absolute atomic E-state index is 12.9. The molecule has 0 saturated carbocycles. The summed E-state index contributed by atoms with van der Waals surface area (Å²) in [5, 5.41) is 15.8. The van der Waals surface area contributed by atoms with Crippen LogP contribution in [0.5, 0.6) is 0 Å². The van der Waals surface area contributed by atoms with Crippen LogP contribution in [0.1, 0.15) is 21.0 Å². The Balaban J connectivity index is 1.76. The molecule has 0 aliphatic heterocycles. The van der Waals surface area contributed by atoms with Gasteiger partial charge in [-0.25, -0.2) is 9.37 Å². The second kappa shape index (κ2) is 7.44. The fraction of sp³-hybridized carbons (Fsp3) is 0. The molecule has 10 heteroatoms. The first-order valence-corrected chi connectivity index (χ1v) is 7.60. The Bertz CT molecular complexity index is 1020. The first-order chi connectivity index (χ1) is 12.9. The van der Waals surface area contributed by atoms with E-state index < -0.39 is 22.6 Å². The largest absolute Gasteiger partial charge is 0.340 e. The van der Waals surface area contributed by atoms with Gasteiger partial charge in [0.25, 0.3) is 17.5 Å². The molecule has 3 N–H and O–H groups in total. The molecule has 0 fully saturated rings. The summed E-state index contributed by atoms with van der Waals surface area (Å²) in [6.07, 6.45) is 1.17. The molecular formula is C17H12FN5O4. The van der Waals surface area contributed by atoms with Gasteiger partial charge in [-0.05, 0) is 30.3 Å². The number of aromatic nitrogens is 2. The maximum Gasteiger partial charge on any atom is 0.276 e. The third-order valence-corrected chi connectivity index (χ3v) is 3.50. The van der Waals surface area contributed by atoms with Crippen LogP contribution >= 0.6 is 0 Å². The number of nitrogens with one attached hydrogen (secondary N) is 3. The van der Waals surface area contributed by atoms with Crippen molar-refractivity contribution in [3.63, 3.8) is 0 Å². The average Bonchev–Trinajstić information content (AvgIpc) is 3.14. The Morgan fingerprint density at radius 2 is 1.74 bits per heavy atom. The van der Waals surface area contributed by atoms with E-state index in [0.29, 0.717) is 5.69 Å². The Hall–Kier alpha value is -4.08. The fourth-order valence-corrected chi connectivity index (χ4v) is 2.25. The summed E-state index contributed by atoms with van der Waals surface area (Å²) in [4.78, 5) is 41.3. The summed E-state index contributed by atoms with van der Waals surface area (Å²) >= 11 is 0. The van der Waals surface area contributed by atoms with Crippen LogP contribution in [0, 0.1) is 15.9 Å². The molecule has 9 nitrogen and oxygen atoms in total. The molecule has 3 aromatic rings. The predicted molar refractivity (Wildman–Crippen MR) is 94.0 cm³/mol. The SMILES string of the molecule is O=C(Nc1cccc([N+](=O)[O-])c1)c1nc[nH]c1C(=O)Nc1ccc(F)cc1. The molecular weight excluding hydrogens is 357 g/mol. The van der Waals surface area contributed by atoms with Crippen molar-refractivity contribution in [3.8, 4) is 0 Å². The zero-order valence-electron chi connectivity index (χ0n) is 13.6. The first kappa shape index (κ1) is 17.7. The Labute approximate surface area is 151 Å². The van der Waals surface area contributed by atoms with Crippen LogP contribution < -0.4 is 10.6 Å². The lowest BCUT2D eigenvalue weighted by Crippen LogP contribution is -2.20. The summed E-state index contributed by atoms with van der Waals surface area (Å²) in [6.45, 7) is 0. The van der Waals surface area contributed by atoms with E-state index in [1.54, 1.807) is 0 Å². The molecule has 2 aromatic carbocycles. The summed E-state index contributed by atoms with van der Waals surface area (Å²) in [7, 11) is 0. The Kier molecular flexibility index (Phi) is 4.88. The van der Waals surface area contributed by atoms with Crippen molar-refractivity contribution in [1.29, 1.82) is 0 Å². The number of amides is 2. The third kappa shape index (κ3) is 4.12. The van der Waals surface area contributed by atoms with Crippen molar-refractivity contribution >= 4 is 28.9 Å². The van der Waals surface area contributed by atoms with Crippen molar-refractivity contribution in [2.45, 2.75) is 0 Å². The van der Waals surface area contributed by atoms with Gasteiger partial charge in [0.05, 0.1) is 11.3 Å². The van der Waals surface area contributed by atoms with Crippen LogP contribution in [0.2, 0.25) is 0 Å². The van der Waals surface area contributed by atoms with Gasteiger partial charge < -0.3 is 15.6 Å². The highest BCUT2D eigenvalue weighted by Gasteiger charge is 2.21. The Morgan fingerprint density at radius 1 is 1.04 bits per heavy atom. The number of carbonyl (C=O) groups is 2. The summed E-state index contributed by atoms with van der Waals surface area (Å²) < 4.78 is 12.9. The number of benzene rings is 2. The molecule has 0 aliphatic rings. The van der Waals surface area contributed by atoms with E-state index in [4.69, 9.17) is 0 Å². The fourth-order valence-electron chi connectivity index (χ4n) is 2.25. The van der Waals surface area contributed by atoms with Crippen molar-refractivity contribution in [3.05, 3.63) is 82.2 Å².